The van der Waals surface area contributed by atoms with Crippen LogP contribution in [0.5, 0.6) is 0 Å². The van der Waals surface area contributed by atoms with Crippen molar-refractivity contribution in [3.8, 4) is 0 Å². The Bertz CT molecular complexity index is 289. The van der Waals surface area contributed by atoms with E-state index >= 15 is 0 Å². The fraction of sp³-hybridized carbons (Fsp3) is 1.00. The Labute approximate surface area is 130 Å². The van der Waals surface area contributed by atoms with Crippen molar-refractivity contribution >= 4 is 0 Å². The van der Waals surface area contributed by atoms with Crippen LogP contribution >= 0.6 is 0 Å². The van der Waals surface area contributed by atoms with Gasteiger partial charge in [-0.05, 0) is 39.0 Å². The normalized spacial score (nSPS) is 27.9. The van der Waals surface area contributed by atoms with Gasteiger partial charge < -0.3 is 14.6 Å². The van der Waals surface area contributed by atoms with Gasteiger partial charge in [0.05, 0.1) is 18.8 Å². The van der Waals surface area contributed by atoms with Crippen LogP contribution in [-0.4, -0.2) is 29.7 Å². The Morgan fingerprint density at radius 3 is 2.43 bits per heavy atom. The molecule has 1 spiro atoms. The van der Waals surface area contributed by atoms with Crippen LogP contribution in [0, 0.1) is 5.92 Å². The topological polar surface area (TPSA) is 38.7 Å². The molecule has 3 nitrogen and oxygen atoms in total. The van der Waals surface area contributed by atoms with Crippen molar-refractivity contribution in [2.75, 3.05) is 13.2 Å². The average molecular weight is 298 g/mol. The molecule has 21 heavy (non-hydrogen) atoms. The van der Waals surface area contributed by atoms with Crippen LogP contribution in [0.25, 0.3) is 0 Å². The van der Waals surface area contributed by atoms with Crippen LogP contribution in [0.15, 0.2) is 0 Å². The molecule has 1 heterocycles. The highest BCUT2D eigenvalue weighted by atomic mass is 16.7. The Kier molecular flexibility index (Phi) is 6.51. The van der Waals surface area contributed by atoms with Gasteiger partial charge in [-0.3, -0.25) is 0 Å². The molecule has 0 aromatic carbocycles. The minimum atomic E-state index is -0.519. The first-order chi connectivity index (χ1) is 9.99. The lowest BCUT2D eigenvalue weighted by Gasteiger charge is -2.31. The first kappa shape index (κ1) is 17.2. The maximum Gasteiger partial charge on any atom is 0.168 e. The van der Waals surface area contributed by atoms with E-state index in [-0.39, 0.29) is 5.79 Å². The summed E-state index contributed by atoms with van der Waals surface area (Å²) >= 11 is 0. The van der Waals surface area contributed by atoms with Gasteiger partial charge in [0.1, 0.15) is 0 Å². The molecule has 1 saturated carbocycles. The predicted molar refractivity (Wildman–Crippen MR) is 85.2 cm³/mol. The van der Waals surface area contributed by atoms with Gasteiger partial charge in [-0.15, -0.1) is 0 Å². The number of hydrogen-bond acceptors (Lipinski definition) is 3. The average Bonchev–Trinajstić information content (AvgIpc) is 2.87. The Morgan fingerprint density at radius 2 is 1.71 bits per heavy atom. The van der Waals surface area contributed by atoms with Crippen LogP contribution in [-0.2, 0) is 9.47 Å². The Balaban J connectivity index is 1.82. The third kappa shape index (κ3) is 6.25. The molecule has 0 bridgehead atoms. The molecular weight excluding hydrogens is 264 g/mol. The molecule has 1 N–H and O–H groups in total. The monoisotopic (exact) mass is 298 g/mol. The maximum absolute atomic E-state index is 9.86. The summed E-state index contributed by atoms with van der Waals surface area (Å²) in [6.45, 7) is 5.36. The quantitative estimate of drug-likeness (QED) is 0.835. The van der Waals surface area contributed by atoms with Crippen molar-refractivity contribution in [1.29, 1.82) is 0 Å². The summed E-state index contributed by atoms with van der Waals surface area (Å²) in [6.07, 6.45) is 13.2. The molecule has 3 heteroatoms. The highest BCUT2D eigenvalue weighted by Crippen LogP contribution is 2.35. The third-order valence-electron chi connectivity index (χ3n) is 5.07. The highest BCUT2D eigenvalue weighted by molar-refractivity contribution is 4.78. The molecule has 0 unspecified atom stereocenters. The van der Waals surface area contributed by atoms with E-state index in [0.717, 1.165) is 44.8 Å². The van der Waals surface area contributed by atoms with Gasteiger partial charge in [0.25, 0.3) is 0 Å². The molecule has 0 amide bonds. The molecule has 0 radical (unpaired) electrons. The molecule has 1 aliphatic carbocycles. The smallest absolute Gasteiger partial charge is 0.168 e. The molecular formula is C18H34O3. The van der Waals surface area contributed by atoms with Crippen LogP contribution in [0.3, 0.4) is 0 Å². The summed E-state index contributed by atoms with van der Waals surface area (Å²) in [4.78, 5) is 0. The minimum Gasteiger partial charge on any atom is -0.390 e. The summed E-state index contributed by atoms with van der Waals surface area (Å²) in [5, 5.41) is 9.86. The molecule has 2 aliphatic rings. The molecule has 1 saturated heterocycles. The summed E-state index contributed by atoms with van der Waals surface area (Å²) in [5.74, 6) is 0.515. The highest BCUT2D eigenvalue weighted by Gasteiger charge is 2.36. The van der Waals surface area contributed by atoms with E-state index in [9.17, 15) is 5.11 Å². The summed E-state index contributed by atoms with van der Waals surface area (Å²) in [7, 11) is 0. The van der Waals surface area contributed by atoms with E-state index in [1.54, 1.807) is 0 Å². The van der Waals surface area contributed by atoms with Gasteiger partial charge in [-0.2, -0.15) is 0 Å². The Morgan fingerprint density at radius 1 is 1.00 bits per heavy atom. The molecule has 1 aliphatic heterocycles. The Hall–Kier alpha value is -0.120. The maximum atomic E-state index is 9.86. The van der Waals surface area contributed by atoms with Gasteiger partial charge in [0.2, 0.25) is 0 Å². The van der Waals surface area contributed by atoms with Crippen LogP contribution < -0.4 is 0 Å². The lowest BCUT2D eigenvalue weighted by atomic mass is 9.85. The van der Waals surface area contributed by atoms with Crippen LogP contribution in [0.4, 0.5) is 0 Å². The van der Waals surface area contributed by atoms with Crippen molar-refractivity contribution in [1.82, 2.24) is 0 Å². The third-order valence-corrected chi connectivity index (χ3v) is 5.07. The second-order valence-electron chi connectivity index (χ2n) is 7.67. The van der Waals surface area contributed by atoms with E-state index in [1.807, 2.05) is 13.8 Å². The van der Waals surface area contributed by atoms with E-state index in [1.165, 1.54) is 44.9 Å². The van der Waals surface area contributed by atoms with E-state index in [2.05, 4.69) is 0 Å². The van der Waals surface area contributed by atoms with Gasteiger partial charge in [0, 0.05) is 12.8 Å². The second-order valence-corrected chi connectivity index (χ2v) is 7.67. The zero-order valence-electron chi connectivity index (χ0n) is 14.0. The largest absolute Gasteiger partial charge is 0.390 e. The van der Waals surface area contributed by atoms with Crippen molar-refractivity contribution in [2.24, 2.45) is 5.92 Å². The van der Waals surface area contributed by atoms with E-state index in [4.69, 9.17) is 9.47 Å². The first-order valence-corrected chi connectivity index (χ1v) is 8.99. The van der Waals surface area contributed by atoms with Gasteiger partial charge in [-0.1, -0.05) is 38.5 Å². The van der Waals surface area contributed by atoms with Gasteiger partial charge in [0.15, 0.2) is 5.79 Å². The minimum absolute atomic E-state index is 0.258. The van der Waals surface area contributed by atoms with Gasteiger partial charge in [-0.25, -0.2) is 0 Å². The number of aliphatic hydroxyl groups is 1. The number of rotatable bonds is 4. The van der Waals surface area contributed by atoms with E-state index < -0.39 is 5.60 Å². The zero-order valence-corrected chi connectivity index (χ0v) is 14.0. The molecule has 0 aromatic rings. The zero-order chi connectivity index (χ0) is 15.2. The van der Waals surface area contributed by atoms with Crippen molar-refractivity contribution in [2.45, 2.75) is 95.9 Å². The lowest BCUT2D eigenvalue weighted by Crippen LogP contribution is -2.31. The van der Waals surface area contributed by atoms with Crippen molar-refractivity contribution < 1.29 is 14.6 Å². The first-order valence-electron chi connectivity index (χ1n) is 8.99. The summed E-state index contributed by atoms with van der Waals surface area (Å²) in [5.41, 5.74) is -0.519. The molecule has 0 aromatic heterocycles. The summed E-state index contributed by atoms with van der Waals surface area (Å²) in [6, 6.07) is 0. The molecule has 2 fully saturated rings. The van der Waals surface area contributed by atoms with Crippen LogP contribution in [0.2, 0.25) is 0 Å². The predicted octanol–water partition coefficient (Wildman–Crippen LogP) is 4.42. The molecule has 1 atom stereocenters. The van der Waals surface area contributed by atoms with Gasteiger partial charge >= 0.3 is 0 Å². The fourth-order valence-electron chi connectivity index (χ4n) is 3.77. The molecule has 2 rings (SSSR count). The second kappa shape index (κ2) is 7.94. The van der Waals surface area contributed by atoms with Crippen LogP contribution in [0.1, 0.15) is 84.5 Å². The summed E-state index contributed by atoms with van der Waals surface area (Å²) < 4.78 is 11.9. The SMILES string of the molecule is CC(C)(O)CCC[C@@H]1CCCCCCC2(CC1)OCCO2. The standard InChI is InChI=1S/C18H34O3/c1-17(2,19)11-7-9-16-8-5-3-4-6-12-18(13-10-16)20-14-15-21-18/h16,19H,3-15H2,1-2H3/t16-/m0/s1. The lowest BCUT2D eigenvalue weighted by molar-refractivity contribution is -0.170. The van der Waals surface area contributed by atoms with E-state index in [0.29, 0.717) is 0 Å². The van der Waals surface area contributed by atoms with Crippen molar-refractivity contribution in [3.63, 3.8) is 0 Å². The fourth-order valence-corrected chi connectivity index (χ4v) is 3.77. The van der Waals surface area contributed by atoms with Crippen molar-refractivity contribution in [3.05, 3.63) is 0 Å². The number of hydrogen-bond donors (Lipinski definition) is 1. The molecule has 124 valence electrons. The number of ether oxygens (including phenoxy) is 2.